The second-order valence-corrected chi connectivity index (χ2v) is 7.59. The van der Waals surface area contributed by atoms with E-state index >= 15 is 0 Å². The van der Waals surface area contributed by atoms with Crippen molar-refractivity contribution in [2.75, 3.05) is 11.9 Å². The van der Waals surface area contributed by atoms with Crippen LogP contribution in [-0.2, 0) is 6.42 Å². The molecule has 0 aliphatic carbocycles. The van der Waals surface area contributed by atoms with Gasteiger partial charge < -0.3 is 9.88 Å². The highest BCUT2D eigenvalue weighted by atomic mass is 32.1. The van der Waals surface area contributed by atoms with Crippen molar-refractivity contribution >= 4 is 39.6 Å². The van der Waals surface area contributed by atoms with Gasteiger partial charge in [-0.25, -0.2) is 9.97 Å². The van der Waals surface area contributed by atoms with Crippen molar-refractivity contribution in [3.8, 4) is 5.13 Å². The third kappa shape index (κ3) is 3.08. The third-order valence-electron chi connectivity index (χ3n) is 3.82. The molecule has 2 amide bonds. The minimum absolute atomic E-state index is 0.116. The van der Waals surface area contributed by atoms with Gasteiger partial charge >= 0.3 is 0 Å². The number of nitrogens with one attached hydrogen (secondary N) is 2. The summed E-state index contributed by atoms with van der Waals surface area (Å²) >= 11 is 2.53. The second kappa shape index (κ2) is 6.41. The lowest BCUT2D eigenvalue weighted by atomic mass is 10.2. The van der Waals surface area contributed by atoms with Crippen molar-refractivity contribution in [2.45, 2.75) is 19.8 Å². The SMILES string of the molecule is Cc1nc(-n2cccc2)sc1C(=O)Nc1nc2c(s1)C(=O)NCCC2. The maximum absolute atomic E-state index is 12.6. The van der Waals surface area contributed by atoms with Gasteiger partial charge in [0.25, 0.3) is 11.8 Å². The molecule has 2 N–H and O–H groups in total. The van der Waals surface area contributed by atoms with Gasteiger partial charge in [0.15, 0.2) is 10.3 Å². The highest BCUT2D eigenvalue weighted by Crippen LogP contribution is 2.28. The van der Waals surface area contributed by atoms with Crippen LogP contribution >= 0.6 is 22.7 Å². The fourth-order valence-electron chi connectivity index (χ4n) is 2.61. The number of nitrogens with zero attached hydrogens (tertiary/aromatic N) is 3. The predicted molar refractivity (Wildman–Crippen MR) is 96.9 cm³/mol. The summed E-state index contributed by atoms with van der Waals surface area (Å²) in [6.45, 7) is 2.47. The molecule has 1 aliphatic rings. The quantitative estimate of drug-likeness (QED) is 0.739. The van der Waals surface area contributed by atoms with Gasteiger partial charge in [0.2, 0.25) is 0 Å². The van der Waals surface area contributed by atoms with E-state index in [9.17, 15) is 9.59 Å². The molecular formula is C16H15N5O2S2. The Bertz CT molecular complexity index is 942. The fourth-order valence-corrected chi connectivity index (χ4v) is 4.46. The Morgan fingerprint density at radius 2 is 2.08 bits per heavy atom. The average molecular weight is 373 g/mol. The van der Waals surface area contributed by atoms with Crippen LogP contribution in [0.3, 0.4) is 0 Å². The van der Waals surface area contributed by atoms with E-state index in [1.165, 1.54) is 22.7 Å². The van der Waals surface area contributed by atoms with Gasteiger partial charge in [0.1, 0.15) is 9.75 Å². The minimum atomic E-state index is -0.252. The second-order valence-electron chi connectivity index (χ2n) is 5.61. The predicted octanol–water partition coefficient (Wildman–Crippen LogP) is 2.63. The Labute approximate surface area is 151 Å². The summed E-state index contributed by atoms with van der Waals surface area (Å²) in [5.74, 6) is -0.368. The van der Waals surface area contributed by atoms with Crippen LogP contribution in [0.2, 0.25) is 0 Å². The molecule has 3 aromatic rings. The largest absolute Gasteiger partial charge is 0.351 e. The zero-order valence-corrected chi connectivity index (χ0v) is 15.0. The maximum Gasteiger partial charge on any atom is 0.269 e. The molecule has 0 saturated carbocycles. The molecule has 1 aliphatic heterocycles. The number of carbonyl (C=O) groups is 2. The molecule has 25 heavy (non-hydrogen) atoms. The lowest BCUT2D eigenvalue weighted by Crippen LogP contribution is -2.21. The highest BCUT2D eigenvalue weighted by Gasteiger charge is 2.23. The van der Waals surface area contributed by atoms with Crippen molar-refractivity contribution in [1.29, 1.82) is 0 Å². The van der Waals surface area contributed by atoms with E-state index in [1.54, 1.807) is 0 Å². The van der Waals surface area contributed by atoms with Crippen LogP contribution in [0.4, 0.5) is 5.13 Å². The molecule has 0 aromatic carbocycles. The summed E-state index contributed by atoms with van der Waals surface area (Å²) in [7, 11) is 0. The molecular weight excluding hydrogens is 358 g/mol. The number of amides is 2. The summed E-state index contributed by atoms with van der Waals surface area (Å²) in [6, 6.07) is 3.81. The van der Waals surface area contributed by atoms with Crippen LogP contribution < -0.4 is 10.6 Å². The lowest BCUT2D eigenvalue weighted by Gasteiger charge is -2.00. The summed E-state index contributed by atoms with van der Waals surface area (Å²) in [5.41, 5.74) is 1.42. The van der Waals surface area contributed by atoms with Crippen LogP contribution in [0.1, 0.15) is 37.2 Å². The number of aromatic nitrogens is 3. The van der Waals surface area contributed by atoms with Gasteiger partial charge in [-0.1, -0.05) is 22.7 Å². The van der Waals surface area contributed by atoms with E-state index in [-0.39, 0.29) is 11.8 Å². The molecule has 0 bridgehead atoms. The molecule has 0 atom stereocenters. The molecule has 128 valence electrons. The number of fused-ring (bicyclic) bond motifs is 1. The topological polar surface area (TPSA) is 88.9 Å². The molecule has 4 heterocycles. The van der Waals surface area contributed by atoms with Crippen molar-refractivity contribution < 1.29 is 9.59 Å². The Balaban J connectivity index is 1.57. The van der Waals surface area contributed by atoms with Gasteiger partial charge in [-0.15, -0.1) is 0 Å². The van der Waals surface area contributed by atoms with Gasteiger partial charge in [0, 0.05) is 18.9 Å². The van der Waals surface area contributed by atoms with E-state index in [0.29, 0.717) is 27.1 Å². The molecule has 7 nitrogen and oxygen atoms in total. The standard InChI is InChI=1S/C16H15N5O2S2/c1-9-11(25-16(18-9)21-7-2-3-8-21)14(23)20-15-19-10-5-4-6-17-13(22)12(10)24-15/h2-3,7-8H,4-6H2,1H3,(H,17,22)(H,19,20,23). The van der Waals surface area contributed by atoms with E-state index in [1.807, 2.05) is 36.0 Å². The highest BCUT2D eigenvalue weighted by molar-refractivity contribution is 7.18. The van der Waals surface area contributed by atoms with Gasteiger partial charge in [-0.3, -0.25) is 14.9 Å². The fraction of sp³-hybridized carbons (Fsp3) is 0.250. The smallest absolute Gasteiger partial charge is 0.269 e. The van der Waals surface area contributed by atoms with Gasteiger partial charge in [0.05, 0.1) is 11.4 Å². The number of carbonyl (C=O) groups excluding carboxylic acids is 2. The zero-order valence-electron chi connectivity index (χ0n) is 13.4. The van der Waals surface area contributed by atoms with Crippen molar-refractivity contribution in [1.82, 2.24) is 19.9 Å². The molecule has 9 heteroatoms. The number of hydrogen-bond donors (Lipinski definition) is 2. The monoisotopic (exact) mass is 373 g/mol. The molecule has 0 radical (unpaired) electrons. The van der Waals surface area contributed by atoms with Crippen molar-refractivity contribution in [3.05, 3.63) is 45.7 Å². The Kier molecular flexibility index (Phi) is 4.10. The maximum atomic E-state index is 12.6. The van der Waals surface area contributed by atoms with E-state index in [4.69, 9.17) is 0 Å². The van der Waals surface area contributed by atoms with E-state index < -0.39 is 0 Å². The van der Waals surface area contributed by atoms with Crippen LogP contribution in [-0.4, -0.2) is 32.9 Å². The number of hydrogen-bond acceptors (Lipinski definition) is 6. The molecule has 0 saturated heterocycles. The Morgan fingerprint density at radius 1 is 1.28 bits per heavy atom. The van der Waals surface area contributed by atoms with Crippen molar-refractivity contribution in [3.63, 3.8) is 0 Å². The first kappa shape index (κ1) is 16.0. The molecule has 4 rings (SSSR count). The number of anilines is 1. The van der Waals surface area contributed by atoms with Crippen LogP contribution in [0.25, 0.3) is 5.13 Å². The lowest BCUT2D eigenvalue weighted by molar-refractivity contribution is 0.0958. The molecule has 3 aromatic heterocycles. The summed E-state index contributed by atoms with van der Waals surface area (Å²) < 4.78 is 1.87. The average Bonchev–Trinajstić information content (AvgIpc) is 3.29. The van der Waals surface area contributed by atoms with Crippen LogP contribution in [0, 0.1) is 6.92 Å². The molecule has 0 fully saturated rings. The summed E-state index contributed by atoms with van der Waals surface area (Å²) in [5, 5.41) is 6.83. The first-order chi connectivity index (χ1) is 12.1. The van der Waals surface area contributed by atoms with Crippen molar-refractivity contribution in [2.24, 2.45) is 0 Å². The summed E-state index contributed by atoms with van der Waals surface area (Å²) in [6.07, 6.45) is 5.36. The first-order valence-corrected chi connectivity index (χ1v) is 9.45. The van der Waals surface area contributed by atoms with Crippen LogP contribution in [0.15, 0.2) is 24.5 Å². The van der Waals surface area contributed by atoms with E-state index in [0.717, 1.165) is 23.7 Å². The number of thiazole rings is 2. The molecule has 0 unspecified atom stereocenters. The third-order valence-corrected chi connectivity index (χ3v) is 6.00. The van der Waals surface area contributed by atoms with E-state index in [2.05, 4.69) is 20.6 Å². The molecule has 0 spiro atoms. The number of rotatable bonds is 3. The minimum Gasteiger partial charge on any atom is -0.351 e. The van der Waals surface area contributed by atoms with Gasteiger partial charge in [-0.2, -0.15) is 0 Å². The van der Waals surface area contributed by atoms with Gasteiger partial charge in [-0.05, 0) is 31.9 Å². The summed E-state index contributed by atoms with van der Waals surface area (Å²) in [4.78, 5) is 34.6. The Hall–Kier alpha value is -2.52. The van der Waals surface area contributed by atoms with Crippen LogP contribution in [0.5, 0.6) is 0 Å². The normalized spacial score (nSPS) is 13.9. The zero-order chi connectivity index (χ0) is 17.4. The Morgan fingerprint density at radius 3 is 2.88 bits per heavy atom. The number of aryl methyl sites for hydroxylation is 2. The first-order valence-electron chi connectivity index (χ1n) is 7.82.